The van der Waals surface area contributed by atoms with E-state index >= 15 is 28.8 Å². The lowest BCUT2D eigenvalue weighted by Crippen LogP contribution is -2.71. The number of hydrogen-bond donors (Lipinski definition) is 3. The SMILES string of the molecule is CC[C@H](C)[C@@H]1NC(=O)[C@H](CC)N(C)C(=O)C[C@@H](C(=O)N(C)CC)N(C)C(=O)[C@H](C2CCCC2)N(C)C(=O)C2(CC(C)(C)C2)NC(=O)[C@@H]2C[C@H](C)CN2C(=O)[C@H](CCC2CCC(C(F)(F)F)C(OC)C2)NC(=O)CN(C)C(=O)[C@H](CC2CCC(C)CC2)N2CC/C=C\C[C@@H](C2=O)N(C)C(=O)CN(C)C1=O. The van der Waals surface area contributed by atoms with Crippen molar-refractivity contribution in [1.29, 1.82) is 0 Å². The van der Waals surface area contributed by atoms with Gasteiger partial charge in [0.15, 0.2) is 0 Å². The van der Waals surface area contributed by atoms with Crippen LogP contribution in [0.4, 0.5) is 13.2 Å². The molecule has 104 heavy (non-hydrogen) atoms. The zero-order valence-electron chi connectivity index (χ0n) is 65.0. The predicted molar refractivity (Wildman–Crippen MR) is 385 cm³/mol. The van der Waals surface area contributed by atoms with Gasteiger partial charge in [-0.3, -0.25) is 57.5 Å². The van der Waals surface area contributed by atoms with Gasteiger partial charge in [0, 0.05) is 76.1 Å². The van der Waals surface area contributed by atoms with Crippen molar-refractivity contribution < 1.29 is 75.4 Å². The van der Waals surface area contributed by atoms with Crippen LogP contribution in [0.2, 0.25) is 0 Å². The average molecular weight is 1470 g/mol. The summed E-state index contributed by atoms with van der Waals surface area (Å²) in [6, 6.07) is -9.85. The molecule has 1 spiro atoms. The number of alkyl halides is 3. The highest BCUT2D eigenvalue weighted by Crippen LogP contribution is 2.50. The van der Waals surface area contributed by atoms with Gasteiger partial charge in [0.2, 0.25) is 70.9 Å². The van der Waals surface area contributed by atoms with Crippen molar-refractivity contribution in [2.45, 2.75) is 263 Å². The Bertz CT molecular complexity index is 3110. The Morgan fingerprint density at radius 2 is 1.31 bits per heavy atom. The third kappa shape index (κ3) is 20.0. The third-order valence-corrected chi connectivity index (χ3v) is 24.4. The number of carbonyl (C=O) groups is 12. The summed E-state index contributed by atoms with van der Waals surface area (Å²) in [6.07, 6.45) is 4.94. The molecule has 0 radical (unpaired) electrons. The molecule has 3 N–H and O–H groups in total. The van der Waals surface area contributed by atoms with Crippen molar-refractivity contribution in [2.24, 2.45) is 46.8 Å². The fourth-order valence-corrected chi connectivity index (χ4v) is 17.8. The lowest BCUT2D eigenvalue weighted by molar-refractivity contribution is -0.215. The largest absolute Gasteiger partial charge is 0.394 e. The Morgan fingerprint density at radius 1 is 0.673 bits per heavy atom. The van der Waals surface area contributed by atoms with E-state index in [4.69, 9.17) is 4.74 Å². The molecule has 7 aliphatic rings. The predicted octanol–water partition coefficient (Wildman–Crippen LogP) is 6.16. The van der Waals surface area contributed by atoms with E-state index in [9.17, 15) is 41.9 Å². The molecule has 12 amide bonds. The first-order valence-electron chi connectivity index (χ1n) is 38.4. The molecule has 28 heteroatoms. The van der Waals surface area contributed by atoms with Crippen LogP contribution in [0.3, 0.4) is 0 Å². The summed E-state index contributed by atoms with van der Waals surface area (Å²) in [6.45, 7) is 14.1. The van der Waals surface area contributed by atoms with Crippen molar-refractivity contribution in [3.63, 3.8) is 0 Å². The number of nitrogens with one attached hydrogen (secondary N) is 3. The van der Waals surface area contributed by atoms with Gasteiger partial charge in [-0.05, 0) is 138 Å². The maximum absolute atomic E-state index is 15.8. The van der Waals surface area contributed by atoms with E-state index in [2.05, 4.69) is 22.9 Å². The number of likely N-dealkylation sites (N-methyl/N-ethyl adjacent to an activating group) is 7. The van der Waals surface area contributed by atoms with E-state index in [1.807, 2.05) is 33.8 Å². The van der Waals surface area contributed by atoms with Gasteiger partial charge < -0.3 is 64.8 Å². The number of hydrogen-bond acceptors (Lipinski definition) is 13. The van der Waals surface area contributed by atoms with Gasteiger partial charge in [-0.1, -0.05) is 106 Å². The molecule has 13 atom stereocenters. The number of carbonyl (C=O) groups excluding carboxylic acids is 12. The minimum absolute atomic E-state index is 0.00595. The second-order valence-corrected chi connectivity index (χ2v) is 32.8. The third-order valence-electron chi connectivity index (χ3n) is 24.4. The van der Waals surface area contributed by atoms with Gasteiger partial charge in [0.05, 0.1) is 31.5 Å². The number of rotatable bonds is 12. The monoisotopic (exact) mass is 1470 g/mol. The maximum Gasteiger partial charge on any atom is 0.394 e. The Kier molecular flexibility index (Phi) is 29.3. The van der Waals surface area contributed by atoms with Crippen molar-refractivity contribution in [3.8, 4) is 0 Å². The minimum Gasteiger partial charge on any atom is -0.381 e. The van der Waals surface area contributed by atoms with Crippen LogP contribution in [-0.4, -0.2) is 270 Å². The Hall–Kier alpha value is -6.87. The first-order valence-corrected chi connectivity index (χ1v) is 38.4. The minimum atomic E-state index is -4.51. The smallest absolute Gasteiger partial charge is 0.381 e. The van der Waals surface area contributed by atoms with Crippen molar-refractivity contribution in [3.05, 3.63) is 12.2 Å². The molecule has 0 aromatic rings. The molecular weight excluding hydrogens is 1350 g/mol. The number of fused-ring (bicyclic) bond motifs is 3. The first-order chi connectivity index (χ1) is 48.8. The average Bonchev–Trinajstić information content (AvgIpc) is 1.06. The van der Waals surface area contributed by atoms with E-state index in [0.29, 0.717) is 31.6 Å². The van der Waals surface area contributed by atoms with Crippen LogP contribution in [0, 0.1) is 46.8 Å². The normalized spacial score (nSPS) is 32.3. The fourth-order valence-electron chi connectivity index (χ4n) is 17.8. The summed E-state index contributed by atoms with van der Waals surface area (Å²) in [7, 11) is 11.4. The highest BCUT2D eigenvalue weighted by molar-refractivity contribution is 6.01. The lowest BCUT2D eigenvalue weighted by Gasteiger charge is -2.54. The lowest BCUT2D eigenvalue weighted by atomic mass is 9.58. The van der Waals surface area contributed by atoms with Crippen LogP contribution < -0.4 is 16.0 Å². The molecule has 0 aromatic heterocycles. The number of nitrogens with zero attached hydrogens (tertiary/aromatic N) is 9. The van der Waals surface area contributed by atoms with Gasteiger partial charge in [0.1, 0.15) is 53.9 Å². The van der Waals surface area contributed by atoms with Crippen LogP contribution in [-0.2, 0) is 62.3 Å². The van der Waals surface area contributed by atoms with Gasteiger partial charge in [-0.25, -0.2) is 0 Å². The maximum atomic E-state index is 15.8. The summed E-state index contributed by atoms with van der Waals surface area (Å²) in [5.74, 6) is -10.4. The van der Waals surface area contributed by atoms with E-state index < -0.39 is 180 Å². The van der Waals surface area contributed by atoms with E-state index in [0.717, 1.165) is 38.5 Å². The van der Waals surface area contributed by atoms with Crippen molar-refractivity contribution >= 4 is 70.9 Å². The topological polar surface area (TPSA) is 279 Å². The van der Waals surface area contributed by atoms with Gasteiger partial charge in [-0.15, -0.1) is 0 Å². The van der Waals surface area contributed by atoms with E-state index in [1.165, 1.54) is 101 Å². The summed E-state index contributed by atoms with van der Waals surface area (Å²) in [4.78, 5) is 193. The molecule has 25 nitrogen and oxygen atoms in total. The quantitative estimate of drug-likeness (QED) is 0.185. The Morgan fingerprint density at radius 3 is 1.90 bits per heavy atom. The summed E-state index contributed by atoms with van der Waals surface area (Å²) >= 11 is 0. The molecule has 0 aromatic carbocycles. The van der Waals surface area contributed by atoms with E-state index in [1.54, 1.807) is 26.8 Å². The summed E-state index contributed by atoms with van der Waals surface area (Å²) in [5, 5.41) is 8.89. The summed E-state index contributed by atoms with van der Waals surface area (Å²) in [5.41, 5.74) is -2.10. The molecule has 6 fully saturated rings. The molecule has 7 rings (SSSR count). The molecule has 4 aliphatic carbocycles. The number of amides is 12. The van der Waals surface area contributed by atoms with Crippen LogP contribution in [0.1, 0.15) is 197 Å². The summed E-state index contributed by atoms with van der Waals surface area (Å²) < 4.78 is 48.3. The number of ether oxygens (including phenoxy) is 1. The molecule has 3 heterocycles. The molecular formula is C76H123F3N12O13. The highest BCUT2D eigenvalue weighted by atomic mass is 19.4. The second-order valence-electron chi connectivity index (χ2n) is 32.8. The van der Waals surface area contributed by atoms with Crippen molar-refractivity contribution in [2.75, 3.05) is 89.2 Å². The van der Waals surface area contributed by atoms with Crippen LogP contribution in [0.25, 0.3) is 0 Å². The fraction of sp³-hybridized carbons (Fsp3) is 0.816. The molecule has 3 aliphatic heterocycles. The standard InChI is InChI=1S/C76H123F3N12O13/c1-17-48(6)63-71(101)85(11)43-62(94)87(13)55-27-21-20-24-36-90(70(55)100)58(38-49-30-28-46(4)29-31-49)69(99)84(10)42-60(92)80-53(35-33-50-32-34-52(76(77,78)79)59(39-50)104-16)67(97)91-41-47(5)37-56(91)66(96)82-75(44-74(7,8)45-75)73(103)89(15)64(51-25-22-23-26-51)72(102)88(14)57(68(98)83(9)19-3)40-61(93)86(12)54(18-2)65(95)81-63/h20-21,46-59,63-64H,17-19,22-45H2,1-16H3,(H,80,92)(H,81,95)(H,82,96)/b21-20-/t46?,47-,48-,49?,50?,52?,53-,54-,55-,56-,57-,58-,59?,63-,64-/m0/s1. The van der Waals surface area contributed by atoms with Gasteiger partial charge in [-0.2, -0.15) is 13.2 Å². The second kappa shape index (κ2) is 36.1. The van der Waals surface area contributed by atoms with Crippen LogP contribution in [0.5, 0.6) is 0 Å². The molecule has 4 saturated carbocycles. The Balaban J connectivity index is 1.31. The number of methoxy groups -OCH3 is 1. The van der Waals surface area contributed by atoms with Crippen molar-refractivity contribution in [1.82, 2.24) is 60.0 Å². The first kappa shape index (κ1) is 84.4. The zero-order chi connectivity index (χ0) is 77.2. The molecule has 586 valence electrons. The Labute approximate surface area is 614 Å². The van der Waals surface area contributed by atoms with Gasteiger partial charge in [0.25, 0.3) is 0 Å². The van der Waals surface area contributed by atoms with E-state index in [-0.39, 0.29) is 108 Å². The van der Waals surface area contributed by atoms with Crippen LogP contribution in [0.15, 0.2) is 12.2 Å². The molecule has 2 saturated heterocycles. The highest BCUT2D eigenvalue weighted by Gasteiger charge is 2.59. The van der Waals surface area contributed by atoms with Gasteiger partial charge >= 0.3 is 6.18 Å². The number of halogens is 3. The zero-order valence-corrected chi connectivity index (χ0v) is 65.0. The molecule has 2 bridgehead atoms. The van der Waals surface area contributed by atoms with Crippen LogP contribution >= 0.6 is 0 Å². The molecule has 3 unspecified atom stereocenters.